The Hall–Kier alpha value is -1.27. The minimum atomic E-state index is -0.624. The Kier molecular flexibility index (Phi) is 7.95. The van der Waals surface area contributed by atoms with Crippen LogP contribution in [-0.4, -0.2) is 32.5 Å². The van der Waals surface area contributed by atoms with Gasteiger partial charge in [-0.25, -0.2) is 4.98 Å². The van der Waals surface area contributed by atoms with Crippen LogP contribution < -0.4 is 0 Å². The van der Waals surface area contributed by atoms with Gasteiger partial charge in [0.25, 0.3) is 0 Å². The fourth-order valence-corrected chi connectivity index (χ4v) is 7.69. The number of aliphatic hydroxyl groups is 3. The Balaban J connectivity index is 1.39. The van der Waals surface area contributed by atoms with E-state index in [1.165, 1.54) is 37.0 Å². The molecule has 182 valence electrons. The maximum atomic E-state index is 10.4. The molecule has 3 aliphatic carbocycles. The monoisotopic (exact) mass is 471 g/mol. The molecule has 4 rings (SSSR count). The Morgan fingerprint density at radius 1 is 1.27 bits per heavy atom. The largest absolute Gasteiger partial charge is 0.393 e. The number of hydrogen-bond donors (Lipinski definition) is 3. The fourth-order valence-electron chi connectivity index (χ4n) is 7.04. The first kappa shape index (κ1) is 24.8. The Bertz CT molecular complexity index is 876. The number of hydrogen-bond acceptors (Lipinski definition) is 5. The van der Waals surface area contributed by atoms with Crippen LogP contribution in [0.4, 0.5) is 0 Å². The average molecular weight is 472 g/mol. The molecule has 5 heteroatoms. The van der Waals surface area contributed by atoms with Crippen LogP contribution in [0.25, 0.3) is 0 Å². The lowest BCUT2D eigenvalue weighted by atomic mass is 9.60. The van der Waals surface area contributed by atoms with Crippen molar-refractivity contribution in [2.45, 2.75) is 96.4 Å². The first-order valence-corrected chi connectivity index (χ1v) is 13.7. The van der Waals surface area contributed by atoms with Crippen molar-refractivity contribution in [1.82, 2.24) is 4.98 Å². The predicted octanol–water partition coefficient (Wildman–Crippen LogP) is 6.12. The van der Waals surface area contributed by atoms with Crippen LogP contribution in [0.1, 0.15) is 89.2 Å². The third-order valence-corrected chi connectivity index (χ3v) is 9.74. The molecule has 3 fully saturated rings. The van der Waals surface area contributed by atoms with Gasteiger partial charge in [0.1, 0.15) is 11.1 Å². The molecule has 3 saturated carbocycles. The van der Waals surface area contributed by atoms with E-state index in [-0.39, 0.29) is 0 Å². The molecular formula is C28H41NO3S. The molecule has 0 aromatic carbocycles. The summed E-state index contributed by atoms with van der Waals surface area (Å²) < 4.78 is 0. The summed E-state index contributed by atoms with van der Waals surface area (Å²) in [5.74, 6) is 2.01. The SMILES string of the molecule is C=C1/C(=C\C=C2/CCC[C@]3(C)[C@@H]([C@@H](C)CCC[C@H](O)c4nccs4)CC[C@@H]23)C[C@@H](O)C[C@@H]1O. The van der Waals surface area contributed by atoms with Crippen molar-refractivity contribution in [1.29, 1.82) is 0 Å². The molecule has 1 aromatic rings. The first-order valence-electron chi connectivity index (χ1n) is 12.8. The zero-order valence-corrected chi connectivity index (χ0v) is 21.1. The minimum Gasteiger partial charge on any atom is -0.393 e. The predicted molar refractivity (Wildman–Crippen MR) is 135 cm³/mol. The van der Waals surface area contributed by atoms with E-state index in [2.05, 4.69) is 37.6 Å². The summed E-state index contributed by atoms with van der Waals surface area (Å²) in [4.78, 5) is 4.25. The number of nitrogens with zero attached hydrogens (tertiary/aromatic N) is 1. The second-order valence-corrected chi connectivity index (χ2v) is 11.9. The topological polar surface area (TPSA) is 73.6 Å². The van der Waals surface area contributed by atoms with Crippen LogP contribution in [0.5, 0.6) is 0 Å². The Morgan fingerprint density at radius 3 is 2.85 bits per heavy atom. The maximum Gasteiger partial charge on any atom is 0.121 e. The van der Waals surface area contributed by atoms with Gasteiger partial charge < -0.3 is 15.3 Å². The molecule has 0 saturated heterocycles. The number of rotatable bonds is 7. The van der Waals surface area contributed by atoms with Crippen LogP contribution in [0.15, 0.2) is 47.0 Å². The standard InChI is InChI=1S/C28H41NO3S/c1-18(6-4-8-25(31)27-29-14-15-33-27)23-11-12-24-20(7-5-13-28(23,24)3)9-10-21-16-22(30)17-26(32)19(21)2/h9-10,14-15,18,22-26,30-32H,2,4-8,11-13,16-17H2,1,3H3/b20-9+,21-10-/t18-,22+,23+,24-,25-,26-,28+/m0/s1. The van der Waals surface area contributed by atoms with E-state index in [1.54, 1.807) is 11.8 Å². The molecule has 0 amide bonds. The van der Waals surface area contributed by atoms with Gasteiger partial charge in [-0.1, -0.05) is 51.0 Å². The van der Waals surface area contributed by atoms with E-state index in [0.717, 1.165) is 47.8 Å². The smallest absolute Gasteiger partial charge is 0.121 e. The summed E-state index contributed by atoms with van der Waals surface area (Å²) in [6.45, 7) is 9.00. The molecule has 1 aromatic heterocycles. The summed E-state index contributed by atoms with van der Waals surface area (Å²) in [6.07, 6.45) is 14.9. The van der Waals surface area contributed by atoms with Gasteiger partial charge in [-0.15, -0.1) is 11.3 Å². The number of aromatic nitrogens is 1. The van der Waals surface area contributed by atoms with E-state index < -0.39 is 18.3 Å². The molecule has 1 heterocycles. The highest BCUT2D eigenvalue weighted by atomic mass is 32.1. The normalized spacial score (nSPS) is 36.8. The van der Waals surface area contributed by atoms with Crippen molar-refractivity contribution >= 4 is 11.3 Å². The van der Waals surface area contributed by atoms with E-state index in [1.807, 2.05) is 5.38 Å². The van der Waals surface area contributed by atoms with Crippen LogP contribution >= 0.6 is 11.3 Å². The summed E-state index contributed by atoms with van der Waals surface area (Å²) in [5.41, 5.74) is 3.67. The number of aliphatic hydroxyl groups excluding tert-OH is 3. The molecule has 0 bridgehead atoms. The van der Waals surface area contributed by atoms with Crippen molar-refractivity contribution in [3.8, 4) is 0 Å². The van der Waals surface area contributed by atoms with Crippen LogP contribution in [0, 0.1) is 23.2 Å². The van der Waals surface area contributed by atoms with Gasteiger partial charge in [-0.3, -0.25) is 0 Å². The Labute approximate surface area is 203 Å². The van der Waals surface area contributed by atoms with Gasteiger partial charge in [-0.2, -0.15) is 0 Å². The number of fused-ring (bicyclic) bond motifs is 1. The zero-order chi connectivity index (χ0) is 23.6. The molecule has 4 nitrogen and oxygen atoms in total. The van der Waals surface area contributed by atoms with E-state index in [9.17, 15) is 15.3 Å². The van der Waals surface area contributed by atoms with E-state index >= 15 is 0 Å². The van der Waals surface area contributed by atoms with Crippen LogP contribution in [0.2, 0.25) is 0 Å². The highest BCUT2D eigenvalue weighted by Crippen LogP contribution is 2.60. The van der Waals surface area contributed by atoms with Crippen molar-refractivity contribution in [3.05, 3.63) is 52.0 Å². The van der Waals surface area contributed by atoms with Gasteiger partial charge in [0.05, 0.1) is 12.2 Å². The molecule has 3 aliphatic rings. The fraction of sp³-hybridized carbons (Fsp3) is 0.679. The zero-order valence-electron chi connectivity index (χ0n) is 20.2. The maximum absolute atomic E-state index is 10.4. The molecule has 0 unspecified atom stereocenters. The van der Waals surface area contributed by atoms with Gasteiger partial charge in [0.2, 0.25) is 0 Å². The van der Waals surface area contributed by atoms with Crippen molar-refractivity contribution in [3.63, 3.8) is 0 Å². The summed E-state index contributed by atoms with van der Waals surface area (Å²) in [6, 6.07) is 0. The molecule has 3 N–H and O–H groups in total. The second-order valence-electron chi connectivity index (χ2n) is 11.0. The van der Waals surface area contributed by atoms with E-state index in [4.69, 9.17) is 0 Å². The van der Waals surface area contributed by atoms with Crippen LogP contribution in [-0.2, 0) is 0 Å². The number of thiazole rings is 1. The highest BCUT2D eigenvalue weighted by Gasteiger charge is 2.50. The third-order valence-electron chi connectivity index (χ3n) is 8.86. The van der Waals surface area contributed by atoms with Crippen molar-refractivity contribution < 1.29 is 15.3 Å². The lowest BCUT2D eigenvalue weighted by Crippen LogP contribution is -2.36. The summed E-state index contributed by atoms with van der Waals surface area (Å²) in [7, 11) is 0. The second kappa shape index (κ2) is 10.6. The highest BCUT2D eigenvalue weighted by molar-refractivity contribution is 7.09. The van der Waals surface area contributed by atoms with E-state index in [0.29, 0.717) is 30.1 Å². The molecular weight excluding hydrogens is 430 g/mol. The molecule has 7 atom stereocenters. The van der Waals surface area contributed by atoms with Crippen molar-refractivity contribution in [2.75, 3.05) is 0 Å². The Morgan fingerprint density at radius 2 is 2.09 bits per heavy atom. The summed E-state index contributed by atoms with van der Waals surface area (Å²) >= 11 is 1.54. The lowest BCUT2D eigenvalue weighted by molar-refractivity contribution is 0.0860. The molecule has 0 spiro atoms. The summed E-state index contributed by atoms with van der Waals surface area (Å²) in [5, 5.41) is 33.4. The van der Waals surface area contributed by atoms with Gasteiger partial charge >= 0.3 is 0 Å². The minimum absolute atomic E-state index is 0.346. The van der Waals surface area contributed by atoms with Gasteiger partial charge in [0.15, 0.2) is 0 Å². The van der Waals surface area contributed by atoms with Crippen molar-refractivity contribution in [2.24, 2.45) is 23.2 Å². The first-order chi connectivity index (χ1) is 15.8. The quantitative estimate of drug-likeness (QED) is 0.448. The average Bonchev–Trinajstić information content (AvgIpc) is 3.43. The molecule has 0 radical (unpaired) electrons. The molecule has 33 heavy (non-hydrogen) atoms. The van der Waals surface area contributed by atoms with Gasteiger partial charge in [-0.05, 0) is 79.3 Å². The lowest BCUT2D eigenvalue weighted by Gasteiger charge is -2.44. The van der Waals surface area contributed by atoms with Gasteiger partial charge in [0, 0.05) is 18.0 Å². The van der Waals surface area contributed by atoms with Crippen LogP contribution in [0.3, 0.4) is 0 Å². The third kappa shape index (κ3) is 5.37. The number of allylic oxidation sites excluding steroid dienone is 3. The molecule has 0 aliphatic heterocycles.